The number of nitrogens with zero attached hydrogens (tertiary/aromatic N) is 1. The molecule has 1 aliphatic heterocycles. The number of hydrogen-bond acceptors (Lipinski definition) is 5. The van der Waals surface area contributed by atoms with Crippen molar-refractivity contribution in [2.24, 2.45) is 0 Å². The topological polar surface area (TPSA) is 69.7 Å². The van der Waals surface area contributed by atoms with Gasteiger partial charge in [-0.3, -0.25) is 9.78 Å². The van der Waals surface area contributed by atoms with Gasteiger partial charge in [-0.1, -0.05) is 17.7 Å². The van der Waals surface area contributed by atoms with Gasteiger partial charge < -0.3 is 19.5 Å². The van der Waals surface area contributed by atoms with Gasteiger partial charge in [0.1, 0.15) is 5.75 Å². The maximum absolute atomic E-state index is 12.4. The van der Waals surface area contributed by atoms with Crippen LogP contribution in [0.25, 0.3) is 10.9 Å². The minimum Gasteiger partial charge on any atom is -0.497 e. The third-order valence-electron chi connectivity index (χ3n) is 5.30. The first-order valence-corrected chi connectivity index (χ1v) is 10.1. The highest BCUT2D eigenvalue weighted by atomic mass is 16.7. The Balaban J connectivity index is 1.30. The second-order valence-electron chi connectivity index (χ2n) is 7.52. The predicted octanol–water partition coefficient (Wildman–Crippen LogP) is 3.66. The number of benzene rings is 2. The summed E-state index contributed by atoms with van der Waals surface area (Å²) >= 11 is 0. The van der Waals surface area contributed by atoms with Crippen molar-refractivity contribution >= 4 is 16.8 Å². The summed E-state index contributed by atoms with van der Waals surface area (Å²) in [5.74, 6) is 0.705. The van der Waals surface area contributed by atoms with E-state index in [4.69, 9.17) is 14.2 Å². The standard InChI is InChI=1S/C24H26N2O4/c1-16-3-5-18(6-4-16)24(27)26-19-14-29-23(30-15-19)10-7-17-11-12-25-22-9-8-20(28-2)13-21(17)22/h3-6,8-9,11-13,19,23H,7,10,14-15H2,1-2H3,(H,26,27). The molecule has 0 saturated carbocycles. The average molecular weight is 406 g/mol. The lowest BCUT2D eigenvalue weighted by atomic mass is 10.0. The molecule has 0 radical (unpaired) electrons. The van der Waals surface area contributed by atoms with Crippen LogP contribution in [0.2, 0.25) is 0 Å². The van der Waals surface area contributed by atoms with Gasteiger partial charge in [-0.15, -0.1) is 0 Å². The van der Waals surface area contributed by atoms with Gasteiger partial charge in [-0.25, -0.2) is 0 Å². The van der Waals surface area contributed by atoms with Crippen molar-refractivity contribution in [2.75, 3.05) is 20.3 Å². The second-order valence-corrected chi connectivity index (χ2v) is 7.52. The maximum atomic E-state index is 12.4. The quantitative estimate of drug-likeness (QED) is 0.677. The lowest BCUT2D eigenvalue weighted by molar-refractivity contribution is -0.190. The molecule has 1 N–H and O–H groups in total. The Morgan fingerprint density at radius 1 is 1.13 bits per heavy atom. The number of carbonyl (C=O) groups is 1. The zero-order valence-corrected chi connectivity index (χ0v) is 17.3. The number of rotatable bonds is 6. The zero-order chi connectivity index (χ0) is 20.9. The van der Waals surface area contributed by atoms with Crippen LogP contribution in [0.5, 0.6) is 5.75 Å². The minimum absolute atomic E-state index is 0.108. The molecule has 1 aromatic heterocycles. The Bertz CT molecular complexity index is 1010. The lowest BCUT2D eigenvalue weighted by Crippen LogP contribution is -2.47. The first-order valence-electron chi connectivity index (χ1n) is 10.1. The number of amides is 1. The van der Waals surface area contributed by atoms with Gasteiger partial charge in [0.15, 0.2) is 6.29 Å². The van der Waals surface area contributed by atoms with Gasteiger partial charge in [-0.05, 0) is 55.3 Å². The smallest absolute Gasteiger partial charge is 0.251 e. The number of nitrogens with one attached hydrogen (secondary N) is 1. The van der Waals surface area contributed by atoms with E-state index in [1.807, 2.05) is 61.7 Å². The zero-order valence-electron chi connectivity index (χ0n) is 17.3. The fourth-order valence-electron chi connectivity index (χ4n) is 3.57. The highest BCUT2D eigenvalue weighted by molar-refractivity contribution is 5.94. The van der Waals surface area contributed by atoms with Gasteiger partial charge >= 0.3 is 0 Å². The molecule has 3 aromatic rings. The van der Waals surface area contributed by atoms with Crippen molar-refractivity contribution in [1.29, 1.82) is 0 Å². The fourth-order valence-corrected chi connectivity index (χ4v) is 3.57. The van der Waals surface area contributed by atoms with Crippen LogP contribution < -0.4 is 10.1 Å². The van der Waals surface area contributed by atoms with Crippen LogP contribution in [0.3, 0.4) is 0 Å². The van der Waals surface area contributed by atoms with Crippen molar-refractivity contribution in [2.45, 2.75) is 32.1 Å². The number of hydrogen-bond donors (Lipinski definition) is 1. The summed E-state index contributed by atoms with van der Waals surface area (Å²) in [6.07, 6.45) is 3.07. The third-order valence-corrected chi connectivity index (χ3v) is 5.30. The molecule has 0 atom stereocenters. The van der Waals surface area contributed by atoms with E-state index < -0.39 is 0 Å². The summed E-state index contributed by atoms with van der Waals surface area (Å²) in [7, 11) is 1.66. The highest BCUT2D eigenvalue weighted by Gasteiger charge is 2.24. The summed E-state index contributed by atoms with van der Waals surface area (Å²) < 4.78 is 17.0. The predicted molar refractivity (Wildman–Crippen MR) is 115 cm³/mol. The lowest BCUT2D eigenvalue weighted by Gasteiger charge is -2.30. The Morgan fingerprint density at radius 3 is 2.63 bits per heavy atom. The summed E-state index contributed by atoms with van der Waals surface area (Å²) in [4.78, 5) is 16.8. The van der Waals surface area contributed by atoms with Gasteiger partial charge in [0.05, 0.1) is 31.9 Å². The Labute approximate surface area is 176 Å². The monoisotopic (exact) mass is 406 g/mol. The fraction of sp³-hybridized carbons (Fsp3) is 0.333. The molecule has 0 unspecified atom stereocenters. The van der Waals surface area contributed by atoms with E-state index in [1.165, 1.54) is 5.56 Å². The molecule has 2 aromatic carbocycles. The summed E-state index contributed by atoms with van der Waals surface area (Å²) in [6, 6.07) is 15.3. The van der Waals surface area contributed by atoms with Gasteiger partial charge in [-0.2, -0.15) is 0 Å². The first kappa shape index (κ1) is 20.3. The number of ether oxygens (including phenoxy) is 3. The molecule has 6 nitrogen and oxygen atoms in total. The largest absolute Gasteiger partial charge is 0.497 e. The Kier molecular flexibility index (Phi) is 6.26. The number of pyridine rings is 1. The minimum atomic E-state index is -0.286. The SMILES string of the molecule is COc1ccc2nccc(CCC3OCC(NC(=O)c4ccc(C)cc4)CO3)c2c1. The first-order chi connectivity index (χ1) is 14.6. The molecule has 0 bridgehead atoms. The van der Waals surface area contributed by atoms with E-state index in [0.717, 1.165) is 35.1 Å². The number of methoxy groups -OCH3 is 1. The summed E-state index contributed by atoms with van der Waals surface area (Å²) in [5.41, 5.74) is 3.89. The van der Waals surface area contributed by atoms with Crippen molar-refractivity contribution in [3.05, 3.63) is 71.4 Å². The van der Waals surface area contributed by atoms with E-state index in [2.05, 4.69) is 10.3 Å². The molecule has 0 spiro atoms. The van der Waals surface area contributed by atoms with Gasteiger partial charge in [0.2, 0.25) is 0 Å². The van der Waals surface area contributed by atoms with Gasteiger partial charge in [0.25, 0.3) is 5.91 Å². The molecule has 6 heteroatoms. The normalized spacial score (nSPS) is 18.9. The summed E-state index contributed by atoms with van der Waals surface area (Å²) in [5, 5.41) is 4.05. The molecular formula is C24H26N2O4. The van der Waals surface area contributed by atoms with E-state index in [0.29, 0.717) is 18.8 Å². The molecule has 1 aliphatic rings. The molecular weight excluding hydrogens is 380 g/mol. The Hall–Kier alpha value is -2.96. The maximum Gasteiger partial charge on any atom is 0.251 e. The van der Waals surface area contributed by atoms with Crippen molar-refractivity contribution in [1.82, 2.24) is 10.3 Å². The highest BCUT2D eigenvalue weighted by Crippen LogP contribution is 2.24. The van der Waals surface area contributed by atoms with Crippen LogP contribution in [0.15, 0.2) is 54.7 Å². The molecule has 1 amide bonds. The second kappa shape index (κ2) is 9.24. The van der Waals surface area contributed by atoms with Gasteiger partial charge in [0, 0.05) is 23.6 Å². The molecule has 4 rings (SSSR count). The van der Waals surface area contributed by atoms with Crippen LogP contribution in [0, 0.1) is 6.92 Å². The third kappa shape index (κ3) is 4.78. The molecule has 0 aliphatic carbocycles. The average Bonchev–Trinajstić information content (AvgIpc) is 2.78. The number of aryl methyl sites for hydroxylation is 2. The van der Waals surface area contributed by atoms with E-state index >= 15 is 0 Å². The molecule has 156 valence electrons. The molecule has 30 heavy (non-hydrogen) atoms. The van der Waals surface area contributed by atoms with Crippen molar-refractivity contribution < 1.29 is 19.0 Å². The van der Waals surface area contributed by atoms with Crippen LogP contribution >= 0.6 is 0 Å². The Morgan fingerprint density at radius 2 is 1.90 bits per heavy atom. The molecule has 1 saturated heterocycles. The van der Waals surface area contributed by atoms with E-state index in [9.17, 15) is 4.79 Å². The van der Waals surface area contributed by atoms with E-state index in [-0.39, 0.29) is 18.2 Å². The van der Waals surface area contributed by atoms with Crippen LogP contribution in [-0.4, -0.2) is 43.5 Å². The molecule has 2 heterocycles. The molecule has 1 fully saturated rings. The van der Waals surface area contributed by atoms with Crippen molar-refractivity contribution in [3.63, 3.8) is 0 Å². The number of fused-ring (bicyclic) bond motifs is 1. The van der Waals surface area contributed by atoms with Crippen molar-refractivity contribution in [3.8, 4) is 5.75 Å². The van der Waals surface area contributed by atoms with Crippen LogP contribution in [0.1, 0.15) is 27.9 Å². The number of aromatic nitrogens is 1. The van der Waals surface area contributed by atoms with Crippen LogP contribution in [-0.2, 0) is 15.9 Å². The van der Waals surface area contributed by atoms with E-state index in [1.54, 1.807) is 7.11 Å². The number of carbonyl (C=O) groups excluding carboxylic acids is 1. The van der Waals surface area contributed by atoms with Crippen LogP contribution in [0.4, 0.5) is 0 Å². The summed E-state index contributed by atoms with van der Waals surface area (Å²) in [6.45, 7) is 2.87.